The highest BCUT2D eigenvalue weighted by molar-refractivity contribution is 7.98. The Bertz CT molecular complexity index is 567. The van der Waals surface area contributed by atoms with Gasteiger partial charge in [-0.05, 0) is 11.6 Å². The van der Waals surface area contributed by atoms with Crippen LogP contribution in [0.5, 0.6) is 0 Å². The van der Waals surface area contributed by atoms with E-state index in [1.165, 1.54) is 18.1 Å². The lowest BCUT2D eigenvalue weighted by Gasteiger charge is -2.06. The molecule has 0 amide bonds. The number of hydrogen-bond acceptors (Lipinski definition) is 6. The number of thioether (sulfide) groups is 1. The van der Waals surface area contributed by atoms with E-state index in [1.54, 1.807) is 16.9 Å². The Hall–Kier alpha value is -2.09. The van der Waals surface area contributed by atoms with Crippen molar-refractivity contribution in [3.05, 3.63) is 35.9 Å². The number of rotatable bonds is 4. The lowest BCUT2D eigenvalue weighted by atomic mass is 10.2. The van der Waals surface area contributed by atoms with Gasteiger partial charge in [-0.25, -0.2) is 9.67 Å². The van der Waals surface area contributed by atoms with Gasteiger partial charge in [0.2, 0.25) is 0 Å². The van der Waals surface area contributed by atoms with E-state index >= 15 is 0 Å². The average molecular weight is 264 g/mol. The van der Waals surface area contributed by atoms with E-state index < -0.39 is 0 Å². The van der Waals surface area contributed by atoms with Crippen LogP contribution in [0.2, 0.25) is 0 Å². The average Bonchev–Trinajstić information content (AvgIpc) is 2.81. The molecule has 18 heavy (non-hydrogen) atoms. The number of amidine groups is 1. The highest BCUT2D eigenvalue weighted by Crippen LogP contribution is 2.21. The topological polar surface area (TPSA) is 102 Å². The summed E-state index contributed by atoms with van der Waals surface area (Å²) in [6.07, 6.45) is 3.10. The summed E-state index contributed by atoms with van der Waals surface area (Å²) in [6, 6.07) is 3.68. The SMILES string of the molecule is Cn1ncnc1SCc1cccnc1/C(N)=N/O. The van der Waals surface area contributed by atoms with Crippen LogP contribution in [0.4, 0.5) is 0 Å². The number of nitrogens with zero attached hydrogens (tertiary/aromatic N) is 5. The minimum atomic E-state index is 0.00386. The molecule has 7 nitrogen and oxygen atoms in total. The maximum Gasteiger partial charge on any atom is 0.189 e. The molecule has 0 aliphatic heterocycles. The maximum absolute atomic E-state index is 8.70. The summed E-state index contributed by atoms with van der Waals surface area (Å²) in [5.41, 5.74) is 6.93. The second-order valence-electron chi connectivity index (χ2n) is 3.45. The van der Waals surface area contributed by atoms with Gasteiger partial charge in [-0.1, -0.05) is 23.0 Å². The molecular formula is C10H12N6OS. The van der Waals surface area contributed by atoms with Gasteiger partial charge in [0, 0.05) is 19.0 Å². The minimum Gasteiger partial charge on any atom is -0.409 e. The molecule has 0 saturated heterocycles. The zero-order chi connectivity index (χ0) is 13.0. The molecule has 0 saturated carbocycles. The molecule has 0 aliphatic carbocycles. The number of oxime groups is 1. The summed E-state index contributed by atoms with van der Waals surface area (Å²) in [4.78, 5) is 8.21. The fraction of sp³-hybridized carbons (Fsp3) is 0.200. The number of nitrogens with two attached hydrogens (primary N) is 1. The van der Waals surface area contributed by atoms with Gasteiger partial charge in [0.1, 0.15) is 12.0 Å². The van der Waals surface area contributed by atoms with Crippen molar-refractivity contribution in [2.75, 3.05) is 0 Å². The van der Waals surface area contributed by atoms with Crippen LogP contribution in [-0.2, 0) is 12.8 Å². The summed E-state index contributed by atoms with van der Waals surface area (Å²) >= 11 is 1.51. The largest absolute Gasteiger partial charge is 0.409 e. The van der Waals surface area contributed by atoms with Crippen molar-refractivity contribution in [3.63, 3.8) is 0 Å². The number of aromatic nitrogens is 4. The zero-order valence-corrected chi connectivity index (χ0v) is 10.5. The van der Waals surface area contributed by atoms with E-state index in [1.807, 2.05) is 13.1 Å². The summed E-state index contributed by atoms with van der Waals surface area (Å²) < 4.78 is 1.68. The van der Waals surface area contributed by atoms with Gasteiger partial charge in [-0.3, -0.25) is 4.98 Å². The van der Waals surface area contributed by atoms with E-state index in [9.17, 15) is 0 Å². The van der Waals surface area contributed by atoms with E-state index in [0.29, 0.717) is 11.4 Å². The van der Waals surface area contributed by atoms with Crippen LogP contribution in [0.15, 0.2) is 35.0 Å². The first-order valence-electron chi connectivity index (χ1n) is 5.11. The molecule has 0 unspecified atom stereocenters. The van der Waals surface area contributed by atoms with E-state index in [4.69, 9.17) is 10.9 Å². The number of pyridine rings is 1. The van der Waals surface area contributed by atoms with Crippen LogP contribution in [-0.4, -0.2) is 30.8 Å². The molecule has 8 heteroatoms. The number of hydrogen-bond donors (Lipinski definition) is 2. The van der Waals surface area contributed by atoms with Crippen molar-refractivity contribution in [2.45, 2.75) is 10.9 Å². The first-order valence-corrected chi connectivity index (χ1v) is 6.09. The second kappa shape index (κ2) is 5.50. The fourth-order valence-electron chi connectivity index (χ4n) is 1.39. The van der Waals surface area contributed by atoms with Crippen LogP contribution in [0, 0.1) is 0 Å². The van der Waals surface area contributed by atoms with Gasteiger partial charge >= 0.3 is 0 Å². The molecule has 2 rings (SSSR count). The first-order chi connectivity index (χ1) is 8.72. The Kier molecular flexibility index (Phi) is 3.78. The molecule has 0 fully saturated rings. The molecule has 0 bridgehead atoms. The van der Waals surface area contributed by atoms with Crippen LogP contribution >= 0.6 is 11.8 Å². The molecule has 2 aromatic rings. The molecule has 0 radical (unpaired) electrons. The third-order valence-electron chi connectivity index (χ3n) is 2.27. The summed E-state index contributed by atoms with van der Waals surface area (Å²) in [5.74, 6) is 0.621. The highest BCUT2D eigenvalue weighted by atomic mass is 32.2. The van der Waals surface area contributed by atoms with E-state index in [-0.39, 0.29) is 5.84 Å². The minimum absolute atomic E-state index is 0.00386. The fourth-order valence-corrected chi connectivity index (χ4v) is 2.26. The molecule has 0 atom stereocenters. The standard InChI is InChI=1S/C10H12N6OS/c1-16-10(13-6-14-16)18-5-7-3-2-4-12-8(7)9(11)15-17/h2-4,6,17H,5H2,1H3,(H2,11,15). The predicted molar refractivity (Wildman–Crippen MR) is 67.3 cm³/mol. The monoisotopic (exact) mass is 264 g/mol. The zero-order valence-electron chi connectivity index (χ0n) is 9.69. The summed E-state index contributed by atoms with van der Waals surface area (Å²) in [6.45, 7) is 0. The first kappa shape index (κ1) is 12.4. The van der Waals surface area contributed by atoms with Gasteiger partial charge in [0.15, 0.2) is 11.0 Å². The maximum atomic E-state index is 8.70. The smallest absolute Gasteiger partial charge is 0.189 e. The van der Waals surface area contributed by atoms with Gasteiger partial charge in [0.05, 0.1) is 0 Å². The summed E-state index contributed by atoms with van der Waals surface area (Å²) in [5, 5.41) is 16.4. The molecule has 3 N–H and O–H groups in total. The van der Waals surface area contributed by atoms with Gasteiger partial charge < -0.3 is 10.9 Å². The van der Waals surface area contributed by atoms with Gasteiger partial charge in [-0.15, -0.1) is 0 Å². The van der Waals surface area contributed by atoms with Crippen molar-refractivity contribution >= 4 is 17.6 Å². The van der Waals surface area contributed by atoms with Crippen LogP contribution < -0.4 is 5.73 Å². The normalized spacial score (nSPS) is 11.7. The Morgan fingerprint density at radius 1 is 1.56 bits per heavy atom. The Morgan fingerprint density at radius 2 is 2.39 bits per heavy atom. The molecule has 94 valence electrons. The molecular weight excluding hydrogens is 252 g/mol. The van der Waals surface area contributed by atoms with Gasteiger partial charge in [-0.2, -0.15) is 5.10 Å². The van der Waals surface area contributed by atoms with Crippen molar-refractivity contribution in [3.8, 4) is 0 Å². The third-order valence-corrected chi connectivity index (χ3v) is 3.35. The molecule has 0 aliphatic rings. The van der Waals surface area contributed by atoms with Crippen molar-refractivity contribution in [1.82, 2.24) is 19.7 Å². The molecule has 2 heterocycles. The van der Waals surface area contributed by atoms with E-state index in [2.05, 4.69) is 20.2 Å². The highest BCUT2D eigenvalue weighted by Gasteiger charge is 2.10. The Labute approximate surface area is 108 Å². The van der Waals surface area contributed by atoms with Crippen LogP contribution in [0.1, 0.15) is 11.3 Å². The molecule has 2 aromatic heterocycles. The third kappa shape index (κ3) is 2.59. The molecule has 0 aromatic carbocycles. The molecule has 0 spiro atoms. The Morgan fingerprint density at radius 3 is 3.06 bits per heavy atom. The lowest BCUT2D eigenvalue weighted by Crippen LogP contribution is -2.17. The Balaban J connectivity index is 2.17. The quantitative estimate of drug-likeness (QED) is 0.275. The number of aryl methyl sites for hydroxylation is 1. The second-order valence-corrected chi connectivity index (χ2v) is 4.39. The van der Waals surface area contributed by atoms with Gasteiger partial charge in [0.25, 0.3) is 0 Å². The lowest BCUT2D eigenvalue weighted by molar-refractivity contribution is 0.318. The van der Waals surface area contributed by atoms with E-state index in [0.717, 1.165) is 10.7 Å². The summed E-state index contributed by atoms with van der Waals surface area (Å²) in [7, 11) is 1.82. The van der Waals surface area contributed by atoms with Crippen molar-refractivity contribution in [1.29, 1.82) is 0 Å². The predicted octanol–water partition coefficient (Wildman–Crippen LogP) is 0.597. The van der Waals surface area contributed by atoms with Crippen LogP contribution in [0.3, 0.4) is 0 Å². The van der Waals surface area contributed by atoms with Crippen LogP contribution in [0.25, 0.3) is 0 Å². The van der Waals surface area contributed by atoms with Crippen molar-refractivity contribution < 1.29 is 5.21 Å². The van der Waals surface area contributed by atoms with Crippen molar-refractivity contribution in [2.24, 2.45) is 17.9 Å².